The molecule has 3 aromatic carbocycles. The van der Waals surface area contributed by atoms with Crippen molar-refractivity contribution in [2.24, 2.45) is 0 Å². The lowest BCUT2D eigenvalue weighted by atomic mass is 10.2. The molecule has 0 aromatic heterocycles. The van der Waals surface area contributed by atoms with Crippen LogP contribution in [0.4, 0.5) is 0 Å². The lowest BCUT2D eigenvalue weighted by Gasteiger charge is -2.10. The molecular formula is C21H13ClN2OS. The molecular weight excluding hydrogens is 364 g/mol. The third-order valence-electron chi connectivity index (χ3n) is 3.61. The van der Waals surface area contributed by atoms with E-state index in [0.717, 1.165) is 10.6 Å². The van der Waals surface area contributed by atoms with E-state index in [1.54, 1.807) is 36.0 Å². The SMILES string of the molecule is N#Cc1ccc(Oc2ccc(SCc3ccccc3)cc2C#N)cc1Cl. The highest BCUT2D eigenvalue weighted by Crippen LogP contribution is 2.32. The fraction of sp³-hybridized carbons (Fsp3) is 0.0476. The Hall–Kier alpha value is -2.92. The fourth-order valence-corrected chi connectivity index (χ4v) is 3.40. The average molecular weight is 377 g/mol. The predicted octanol–water partition coefficient (Wildman–Crippen LogP) is 6.17. The van der Waals surface area contributed by atoms with Crippen molar-refractivity contribution in [3.05, 3.63) is 88.4 Å². The minimum Gasteiger partial charge on any atom is -0.456 e. The van der Waals surface area contributed by atoms with Crippen LogP contribution in [0.5, 0.6) is 11.5 Å². The summed E-state index contributed by atoms with van der Waals surface area (Å²) in [5, 5.41) is 18.7. The monoisotopic (exact) mass is 376 g/mol. The van der Waals surface area contributed by atoms with Crippen molar-refractivity contribution in [2.45, 2.75) is 10.6 Å². The number of hydrogen-bond donors (Lipinski definition) is 0. The molecule has 0 saturated heterocycles. The van der Waals surface area contributed by atoms with Crippen LogP contribution in [0.1, 0.15) is 16.7 Å². The van der Waals surface area contributed by atoms with E-state index in [-0.39, 0.29) is 0 Å². The van der Waals surface area contributed by atoms with Gasteiger partial charge in [-0.2, -0.15) is 10.5 Å². The quantitative estimate of drug-likeness (QED) is 0.500. The number of benzene rings is 3. The second-order valence-corrected chi connectivity index (χ2v) is 6.86. The molecule has 0 fully saturated rings. The maximum Gasteiger partial charge on any atom is 0.145 e. The third-order valence-corrected chi connectivity index (χ3v) is 4.99. The van der Waals surface area contributed by atoms with E-state index in [1.165, 1.54) is 5.56 Å². The van der Waals surface area contributed by atoms with E-state index in [2.05, 4.69) is 18.2 Å². The standard InChI is InChI=1S/C21H13ClN2OS/c22-20-11-18(7-6-16(20)12-23)25-21-9-8-19(10-17(21)13-24)26-14-15-4-2-1-3-5-15/h1-11H,14H2. The predicted molar refractivity (Wildman–Crippen MR) is 103 cm³/mol. The fourth-order valence-electron chi connectivity index (χ4n) is 2.29. The lowest BCUT2D eigenvalue weighted by Crippen LogP contribution is -1.90. The van der Waals surface area contributed by atoms with Crippen molar-refractivity contribution in [3.8, 4) is 23.6 Å². The van der Waals surface area contributed by atoms with Crippen molar-refractivity contribution in [1.82, 2.24) is 0 Å². The van der Waals surface area contributed by atoms with Crippen LogP contribution in [0, 0.1) is 22.7 Å². The summed E-state index contributed by atoms with van der Waals surface area (Å²) < 4.78 is 5.77. The van der Waals surface area contributed by atoms with Crippen LogP contribution < -0.4 is 4.74 Å². The zero-order valence-electron chi connectivity index (χ0n) is 13.6. The third kappa shape index (κ3) is 4.37. The molecule has 0 bridgehead atoms. The summed E-state index contributed by atoms with van der Waals surface area (Å²) in [5.41, 5.74) is 2.05. The first kappa shape index (κ1) is 17.9. The number of hydrogen-bond acceptors (Lipinski definition) is 4. The van der Waals surface area contributed by atoms with Gasteiger partial charge in [-0.15, -0.1) is 11.8 Å². The zero-order valence-corrected chi connectivity index (χ0v) is 15.2. The van der Waals surface area contributed by atoms with Crippen LogP contribution in [-0.4, -0.2) is 0 Å². The van der Waals surface area contributed by atoms with Crippen molar-refractivity contribution < 1.29 is 4.74 Å². The molecule has 3 aromatic rings. The normalized spacial score (nSPS) is 9.96. The summed E-state index contributed by atoms with van der Waals surface area (Å²) >= 11 is 7.68. The summed E-state index contributed by atoms with van der Waals surface area (Å²) in [5.74, 6) is 1.77. The van der Waals surface area contributed by atoms with E-state index >= 15 is 0 Å². The molecule has 0 N–H and O–H groups in total. The van der Waals surface area contributed by atoms with E-state index < -0.39 is 0 Å². The Morgan fingerprint density at radius 3 is 2.35 bits per heavy atom. The number of nitrogens with zero attached hydrogens (tertiary/aromatic N) is 2. The molecule has 26 heavy (non-hydrogen) atoms. The van der Waals surface area contributed by atoms with Crippen LogP contribution in [0.3, 0.4) is 0 Å². The molecule has 0 spiro atoms. The van der Waals surface area contributed by atoms with Gasteiger partial charge in [-0.3, -0.25) is 0 Å². The van der Waals surface area contributed by atoms with Gasteiger partial charge < -0.3 is 4.74 Å². The molecule has 0 radical (unpaired) electrons. The van der Waals surface area contributed by atoms with Crippen molar-refractivity contribution >= 4 is 23.4 Å². The maximum atomic E-state index is 9.43. The van der Waals surface area contributed by atoms with Crippen LogP contribution in [0.15, 0.2) is 71.6 Å². The highest BCUT2D eigenvalue weighted by molar-refractivity contribution is 7.98. The Morgan fingerprint density at radius 1 is 0.885 bits per heavy atom. The van der Waals surface area contributed by atoms with Crippen LogP contribution in [0.25, 0.3) is 0 Å². The molecule has 0 aliphatic heterocycles. The van der Waals surface area contributed by atoms with Gasteiger partial charge in [0.2, 0.25) is 0 Å². The summed E-state index contributed by atoms with van der Waals surface area (Å²) in [6.07, 6.45) is 0. The van der Waals surface area contributed by atoms with Gasteiger partial charge in [0.15, 0.2) is 0 Å². The van der Waals surface area contributed by atoms with Gasteiger partial charge >= 0.3 is 0 Å². The first-order chi connectivity index (χ1) is 12.7. The van der Waals surface area contributed by atoms with E-state index in [1.807, 2.05) is 36.4 Å². The summed E-state index contributed by atoms with van der Waals surface area (Å²) in [6, 6.07) is 24.7. The Labute approximate surface area is 161 Å². The molecule has 5 heteroatoms. The second-order valence-electron chi connectivity index (χ2n) is 5.40. The highest BCUT2D eigenvalue weighted by Gasteiger charge is 2.09. The van der Waals surface area contributed by atoms with Gasteiger partial charge in [0.05, 0.1) is 16.1 Å². The number of nitriles is 2. The second kappa shape index (κ2) is 8.45. The van der Waals surface area contributed by atoms with E-state index in [0.29, 0.717) is 27.6 Å². The van der Waals surface area contributed by atoms with Gasteiger partial charge in [0.1, 0.15) is 23.6 Å². The maximum absolute atomic E-state index is 9.43. The van der Waals surface area contributed by atoms with E-state index in [4.69, 9.17) is 21.6 Å². The topological polar surface area (TPSA) is 56.8 Å². The molecule has 3 nitrogen and oxygen atoms in total. The van der Waals surface area contributed by atoms with Gasteiger partial charge in [-0.25, -0.2) is 0 Å². The van der Waals surface area contributed by atoms with Crippen LogP contribution in [0.2, 0.25) is 5.02 Å². The molecule has 0 heterocycles. The van der Waals surface area contributed by atoms with Crippen LogP contribution >= 0.6 is 23.4 Å². The van der Waals surface area contributed by atoms with Crippen molar-refractivity contribution in [2.75, 3.05) is 0 Å². The van der Waals surface area contributed by atoms with Gasteiger partial charge in [0.25, 0.3) is 0 Å². The zero-order chi connectivity index (χ0) is 18.4. The molecule has 0 aliphatic carbocycles. The molecule has 0 saturated carbocycles. The Morgan fingerprint density at radius 2 is 1.65 bits per heavy atom. The minimum absolute atomic E-state index is 0.318. The number of ether oxygens (including phenoxy) is 1. The smallest absolute Gasteiger partial charge is 0.145 e. The number of rotatable bonds is 5. The van der Waals surface area contributed by atoms with Gasteiger partial charge in [0, 0.05) is 16.7 Å². The first-order valence-corrected chi connectivity index (χ1v) is 9.14. The molecule has 0 aliphatic rings. The lowest BCUT2D eigenvalue weighted by molar-refractivity contribution is 0.480. The minimum atomic E-state index is 0.318. The number of thioether (sulfide) groups is 1. The van der Waals surface area contributed by atoms with Gasteiger partial charge in [-0.05, 0) is 35.9 Å². The number of halogens is 1. The summed E-state index contributed by atoms with van der Waals surface area (Å²) in [4.78, 5) is 0.996. The van der Waals surface area contributed by atoms with Gasteiger partial charge in [-0.1, -0.05) is 41.9 Å². The Kier molecular flexibility index (Phi) is 5.81. The molecule has 3 rings (SSSR count). The van der Waals surface area contributed by atoms with Crippen molar-refractivity contribution in [1.29, 1.82) is 10.5 Å². The van der Waals surface area contributed by atoms with E-state index in [9.17, 15) is 5.26 Å². The Balaban J connectivity index is 1.76. The highest BCUT2D eigenvalue weighted by atomic mass is 35.5. The summed E-state index contributed by atoms with van der Waals surface area (Å²) in [7, 11) is 0. The molecule has 0 unspecified atom stereocenters. The largest absolute Gasteiger partial charge is 0.456 e. The van der Waals surface area contributed by atoms with Crippen LogP contribution in [-0.2, 0) is 5.75 Å². The molecule has 0 atom stereocenters. The first-order valence-electron chi connectivity index (χ1n) is 7.78. The average Bonchev–Trinajstić information content (AvgIpc) is 2.68. The Bertz CT molecular complexity index is 1010. The molecule has 0 amide bonds. The van der Waals surface area contributed by atoms with Crippen molar-refractivity contribution in [3.63, 3.8) is 0 Å². The molecule has 126 valence electrons. The summed E-state index contributed by atoms with van der Waals surface area (Å²) in [6.45, 7) is 0.